The summed E-state index contributed by atoms with van der Waals surface area (Å²) in [5.74, 6) is 0.461. The number of aliphatic hydroxyl groups is 2. The van der Waals surface area contributed by atoms with Gasteiger partial charge in [0.05, 0.1) is 0 Å². The quantitative estimate of drug-likeness (QED) is 0.489. The van der Waals surface area contributed by atoms with Crippen molar-refractivity contribution in [2.24, 2.45) is 11.8 Å². The van der Waals surface area contributed by atoms with Gasteiger partial charge in [-0.1, -0.05) is 18.6 Å². The normalized spacial score (nSPS) is 27.1. The lowest BCUT2D eigenvalue weighted by Crippen LogP contribution is -2.26. The highest BCUT2D eigenvalue weighted by atomic mass is 16.5. The lowest BCUT2D eigenvalue weighted by atomic mass is 9.81. The zero-order valence-corrected chi connectivity index (χ0v) is 7.83. The summed E-state index contributed by atoms with van der Waals surface area (Å²) in [6.45, 7) is 4.04. The smallest absolute Gasteiger partial charge is 0.154 e. The second kappa shape index (κ2) is 4.06. The Morgan fingerprint density at radius 2 is 2.17 bits per heavy atom. The predicted molar refractivity (Wildman–Crippen MR) is 48.5 cm³/mol. The molecule has 0 saturated heterocycles. The lowest BCUT2D eigenvalue weighted by Gasteiger charge is -2.27. The summed E-state index contributed by atoms with van der Waals surface area (Å²) in [7, 11) is 0. The van der Waals surface area contributed by atoms with Crippen LogP contribution in [-0.4, -0.2) is 16.5 Å². The Kier molecular flexibility index (Phi) is 3.29. The Hall–Kier alpha value is -0.340. The number of rotatable bonds is 2. The van der Waals surface area contributed by atoms with E-state index in [1.54, 1.807) is 0 Å². The van der Waals surface area contributed by atoms with Gasteiger partial charge in [0.15, 0.2) is 6.29 Å². The number of hydrogen-bond acceptors (Lipinski definition) is 2. The summed E-state index contributed by atoms with van der Waals surface area (Å²) >= 11 is 0. The van der Waals surface area contributed by atoms with E-state index >= 15 is 0 Å². The third-order valence-electron chi connectivity index (χ3n) is 2.89. The monoisotopic (exact) mass is 170 g/mol. The van der Waals surface area contributed by atoms with Crippen molar-refractivity contribution in [3.8, 4) is 0 Å². The van der Waals surface area contributed by atoms with Gasteiger partial charge in [0.2, 0.25) is 0 Å². The zero-order chi connectivity index (χ0) is 9.14. The van der Waals surface area contributed by atoms with Crippen molar-refractivity contribution >= 4 is 0 Å². The first-order valence-electron chi connectivity index (χ1n) is 4.63. The molecule has 0 radical (unpaired) electrons. The van der Waals surface area contributed by atoms with Crippen molar-refractivity contribution in [1.29, 1.82) is 0 Å². The minimum atomic E-state index is -1.15. The summed E-state index contributed by atoms with van der Waals surface area (Å²) in [6.07, 6.45) is 4.28. The van der Waals surface area contributed by atoms with Crippen LogP contribution in [0.1, 0.15) is 33.1 Å². The minimum Gasteiger partial charge on any atom is -0.368 e. The Bertz CT molecular complexity index is 173. The van der Waals surface area contributed by atoms with E-state index in [1.165, 1.54) is 5.57 Å². The lowest BCUT2D eigenvalue weighted by molar-refractivity contribution is -0.0953. The van der Waals surface area contributed by atoms with Gasteiger partial charge in [0, 0.05) is 5.92 Å². The molecule has 1 aliphatic carbocycles. The molecular weight excluding hydrogens is 152 g/mol. The molecule has 0 amide bonds. The molecule has 0 saturated carbocycles. The highest BCUT2D eigenvalue weighted by Crippen LogP contribution is 2.30. The van der Waals surface area contributed by atoms with Gasteiger partial charge >= 0.3 is 0 Å². The molecule has 0 aliphatic heterocycles. The molecule has 0 bridgehead atoms. The first kappa shape index (κ1) is 9.75. The molecule has 1 aliphatic rings. The van der Waals surface area contributed by atoms with E-state index in [9.17, 15) is 0 Å². The summed E-state index contributed by atoms with van der Waals surface area (Å²) in [5.41, 5.74) is 1.44. The van der Waals surface area contributed by atoms with Gasteiger partial charge in [-0.2, -0.15) is 0 Å². The summed E-state index contributed by atoms with van der Waals surface area (Å²) in [5, 5.41) is 17.9. The Labute approximate surface area is 73.9 Å². The Balaban J connectivity index is 2.45. The van der Waals surface area contributed by atoms with Crippen molar-refractivity contribution in [3.63, 3.8) is 0 Å². The second-order valence-electron chi connectivity index (χ2n) is 3.86. The molecule has 2 N–H and O–H groups in total. The fourth-order valence-electron chi connectivity index (χ4n) is 1.71. The molecule has 0 spiro atoms. The molecule has 1 rings (SSSR count). The van der Waals surface area contributed by atoms with Crippen molar-refractivity contribution in [1.82, 2.24) is 0 Å². The summed E-state index contributed by atoms with van der Waals surface area (Å²) in [6, 6.07) is 0. The largest absolute Gasteiger partial charge is 0.368 e. The van der Waals surface area contributed by atoms with Crippen molar-refractivity contribution in [2.75, 3.05) is 0 Å². The van der Waals surface area contributed by atoms with E-state index < -0.39 is 6.29 Å². The zero-order valence-electron chi connectivity index (χ0n) is 7.83. The average molecular weight is 170 g/mol. The molecular formula is C10H18O2. The van der Waals surface area contributed by atoms with E-state index in [0.717, 1.165) is 19.3 Å². The highest BCUT2D eigenvalue weighted by molar-refractivity contribution is 5.03. The predicted octanol–water partition coefficient (Wildman–Crippen LogP) is 1.68. The van der Waals surface area contributed by atoms with Crippen LogP contribution < -0.4 is 0 Å². The first-order valence-corrected chi connectivity index (χ1v) is 4.63. The van der Waals surface area contributed by atoms with Gasteiger partial charge in [0.1, 0.15) is 0 Å². The molecule has 12 heavy (non-hydrogen) atoms. The van der Waals surface area contributed by atoms with Crippen LogP contribution in [0, 0.1) is 11.8 Å². The van der Waals surface area contributed by atoms with Gasteiger partial charge < -0.3 is 10.2 Å². The number of aliphatic hydroxyl groups excluding tert-OH is 1. The molecule has 2 nitrogen and oxygen atoms in total. The summed E-state index contributed by atoms with van der Waals surface area (Å²) < 4.78 is 0. The van der Waals surface area contributed by atoms with Crippen LogP contribution in [0.2, 0.25) is 0 Å². The maximum atomic E-state index is 8.97. The minimum absolute atomic E-state index is 0.00866. The molecule has 70 valence electrons. The molecule has 0 aromatic heterocycles. The summed E-state index contributed by atoms with van der Waals surface area (Å²) in [4.78, 5) is 0. The molecule has 0 fully saturated rings. The average Bonchev–Trinajstić information content (AvgIpc) is 2.04. The third-order valence-corrected chi connectivity index (χ3v) is 2.89. The highest BCUT2D eigenvalue weighted by Gasteiger charge is 2.23. The van der Waals surface area contributed by atoms with Gasteiger partial charge in [-0.25, -0.2) is 0 Å². The first-order chi connectivity index (χ1) is 5.61. The molecule has 2 unspecified atom stereocenters. The van der Waals surface area contributed by atoms with E-state index in [0.29, 0.717) is 5.92 Å². The van der Waals surface area contributed by atoms with Gasteiger partial charge in [-0.15, -0.1) is 0 Å². The maximum absolute atomic E-state index is 8.97. The number of allylic oxidation sites excluding steroid dienone is 2. The standard InChI is InChI=1S/C10H18O2/c1-7-3-5-9(6-4-7)8(2)10(11)12/h3,8-12H,4-6H2,1-2H3. The molecule has 2 atom stereocenters. The van der Waals surface area contributed by atoms with E-state index in [1.807, 2.05) is 6.92 Å². The molecule has 0 aromatic rings. The van der Waals surface area contributed by atoms with Crippen LogP contribution in [-0.2, 0) is 0 Å². The molecule has 2 heteroatoms. The van der Waals surface area contributed by atoms with Crippen LogP contribution in [0.15, 0.2) is 11.6 Å². The topological polar surface area (TPSA) is 40.5 Å². The fraction of sp³-hybridized carbons (Fsp3) is 0.800. The van der Waals surface area contributed by atoms with Gasteiger partial charge in [-0.05, 0) is 32.1 Å². The Morgan fingerprint density at radius 3 is 2.58 bits per heavy atom. The number of hydrogen-bond donors (Lipinski definition) is 2. The van der Waals surface area contributed by atoms with E-state index in [-0.39, 0.29) is 5.92 Å². The van der Waals surface area contributed by atoms with Crippen LogP contribution in [0.25, 0.3) is 0 Å². The van der Waals surface area contributed by atoms with Gasteiger partial charge in [0.25, 0.3) is 0 Å². The van der Waals surface area contributed by atoms with Crippen LogP contribution in [0.3, 0.4) is 0 Å². The SMILES string of the molecule is CC1=CCC(C(C)C(O)O)CC1. The molecule has 0 aromatic carbocycles. The van der Waals surface area contributed by atoms with Crippen molar-refractivity contribution in [2.45, 2.75) is 39.4 Å². The van der Waals surface area contributed by atoms with Crippen LogP contribution in [0.5, 0.6) is 0 Å². The third kappa shape index (κ3) is 2.32. The van der Waals surface area contributed by atoms with E-state index in [4.69, 9.17) is 10.2 Å². The van der Waals surface area contributed by atoms with E-state index in [2.05, 4.69) is 13.0 Å². The molecule has 0 heterocycles. The maximum Gasteiger partial charge on any atom is 0.154 e. The van der Waals surface area contributed by atoms with Gasteiger partial charge in [-0.3, -0.25) is 0 Å². The van der Waals surface area contributed by atoms with Crippen molar-refractivity contribution < 1.29 is 10.2 Å². The van der Waals surface area contributed by atoms with Crippen LogP contribution >= 0.6 is 0 Å². The second-order valence-corrected chi connectivity index (χ2v) is 3.86. The van der Waals surface area contributed by atoms with Crippen molar-refractivity contribution in [3.05, 3.63) is 11.6 Å². The van der Waals surface area contributed by atoms with Crippen LogP contribution in [0.4, 0.5) is 0 Å². The Morgan fingerprint density at radius 1 is 1.50 bits per heavy atom. The fourth-order valence-corrected chi connectivity index (χ4v) is 1.71.